The number of amides is 1. The van der Waals surface area contributed by atoms with Gasteiger partial charge in [0.25, 0.3) is 11.6 Å². The lowest BCUT2D eigenvalue weighted by atomic mass is 10.1. The van der Waals surface area contributed by atoms with Gasteiger partial charge in [-0.3, -0.25) is 14.9 Å². The molecule has 0 saturated carbocycles. The zero-order chi connectivity index (χ0) is 29.0. The van der Waals surface area contributed by atoms with Crippen LogP contribution in [-0.4, -0.2) is 15.4 Å². The number of alkyl halides is 3. The van der Waals surface area contributed by atoms with Gasteiger partial charge in [-0.25, -0.2) is 0 Å². The molecule has 11 heteroatoms. The second-order valence-corrected chi connectivity index (χ2v) is 9.86. The largest absolute Gasteiger partial charge is 0.416 e. The Balaban J connectivity index is 1.53. The van der Waals surface area contributed by atoms with E-state index in [4.69, 9.17) is 0 Å². The summed E-state index contributed by atoms with van der Waals surface area (Å²) in [7, 11) is 0. The van der Waals surface area contributed by atoms with Crippen molar-refractivity contribution in [2.45, 2.75) is 29.8 Å². The standard InChI is InChI=1S/C29H21F3N4O3S/c1-18-14-20(15-21(17-33)28(37)34-23-5-3-4-22(16-23)29(30,31)32)19(2)35(18)24-6-10-26(11-7-24)40-27-12-8-25(9-13-27)36(38)39/h3-16H,1-2H3,(H,34,37)/b21-15-. The number of halogens is 3. The molecule has 4 aromatic rings. The summed E-state index contributed by atoms with van der Waals surface area (Å²) in [6.07, 6.45) is -3.16. The highest BCUT2D eigenvalue weighted by Gasteiger charge is 2.30. The summed E-state index contributed by atoms with van der Waals surface area (Å²) in [6, 6.07) is 21.8. The normalized spacial score (nSPS) is 11.7. The minimum absolute atomic E-state index is 0.0239. The van der Waals surface area contributed by atoms with Crippen LogP contribution in [0.3, 0.4) is 0 Å². The lowest BCUT2D eigenvalue weighted by Crippen LogP contribution is -2.14. The topological polar surface area (TPSA) is 101 Å². The molecule has 0 aliphatic carbocycles. The average molecular weight is 563 g/mol. The summed E-state index contributed by atoms with van der Waals surface area (Å²) in [5.74, 6) is -0.820. The number of non-ortho nitro benzene ring substituents is 1. The zero-order valence-electron chi connectivity index (χ0n) is 21.2. The number of hydrogen-bond donors (Lipinski definition) is 1. The van der Waals surface area contributed by atoms with E-state index in [1.807, 2.05) is 54.8 Å². The molecule has 3 aromatic carbocycles. The van der Waals surface area contributed by atoms with Gasteiger partial charge in [-0.05, 0) is 86.2 Å². The van der Waals surface area contributed by atoms with E-state index in [2.05, 4.69) is 5.32 Å². The number of nitro benzene ring substituents is 1. The summed E-state index contributed by atoms with van der Waals surface area (Å²) in [5, 5.41) is 22.8. The minimum Gasteiger partial charge on any atom is -0.321 e. The van der Waals surface area contributed by atoms with Crippen LogP contribution in [0.5, 0.6) is 0 Å². The molecule has 7 nitrogen and oxygen atoms in total. The van der Waals surface area contributed by atoms with E-state index in [9.17, 15) is 33.3 Å². The molecule has 1 aromatic heterocycles. The molecule has 0 unspecified atom stereocenters. The number of carbonyl (C=O) groups excluding carboxylic acids is 1. The van der Waals surface area contributed by atoms with Gasteiger partial charge in [-0.15, -0.1) is 0 Å². The lowest BCUT2D eigenvalue weighted by Gasteiger charge is -2.11. The number of nitriles is 1. The van der Waals surface area contributed by atoms with E-state index in [1.54, 1.807) is 12.1 Å². The lowest BCUT2D eigenvalue weighted by molar-refractivity contribution is -0.384. The fourth-order valence-electron chi connectivity index (χ4n) is 4.04. The number of anilines is 1. The van der Waals surface area contributed by atoms with Crippen LogP contribution >= 0.6 is 11.8 Å². The van der Waals surface area contributed by atoms with E-state index >= 15 is 0 Å². The average Bonchev–Trinajstić information content (AvgIpc) is 3.20. The highest BCUT2D eigenvalue weighted by Crippen LogP contribution is 2.32. The Bertz CT molecular complexity index is 1650. The first kappa shape index (κ1) is 28.2. The van der Waals surface area contributed by atoms with Crippen molar-refractivity contribution in [2.75, 3.05) is 5.32 Å². The van der Waals surface area contributed by atoms with Crippen molar-refractivity contribution < 1.29 is 22.9 Å². The number of benzene rings is 3. The summed E-state index contributed by atoms with van der Waals surface area (Å²) < 4.78 is 40.9. The Morgan fingerprint density at radius 1 is 1.02 bits per heavy atom. The van der Waals surface area contributed by atoms with Gasteiger partial charge in [-0.2, -0.15) is 18.4 Å². The predicted octanol–water partition coefficient (Wildman–Crippen LogP) is 7.72. The van der Waals surface area contributed by atoms with Gasteiger partial charge in [0.15, 0.2) is 0 Å². The number of nitro groups is 1. The third kappa shape index (κ3) is 6.42. The molecule has 1 amide bonds. The first-order valence-corrected chi connectivity index (χ1v) is 12.6. The third-order valence-corrected chi connectivity index (χ3v) is 6.98. The van der Waals surface area contributed by atoms with Gasteiger partial charge in [0.05, 0.1) is 10.5 Å². The molecule has 0 fully saturated rings. The fraction of sp³-hybridized carbons (Fsp3) is 0.103. The van der Waals surface area contributed by atoms with E-state index in [0.717, 1.165) is 39.0 Å². The van der Waals surface area contributed by atoms with E-state index in [0.29, 0.717) is 5.56 Å². The molecule has 40 heavy (non-hydrogen) atoms. The number of nitrogens with zero attached hydrogens (tertiary/aromatic N) is 3. The monoisotopic (exact) mass is 562 g/mol. The number of nitrogens with one attached hydrogen (secondary N) is 1. The second-order valence-electron chi connectivity index (χ2n) is 8.71. The number of hydrogen-bond acceptors (Lipinski definition) is 5. The van der Waals surface area contributed by atoms with Gasteiger partial charge in [0, 0.05) is 44.7 Å². The fourth-order valence-corrected chi connectivity index (χ4v) is 4.86. The molecule has 1 N–H and O–H groups in total. The third-order valence-electron chi connectivity index (χ3n) is 5.96. The Kier molecular flexibility index (Phi) is 8.11. The van der Waals surface area contributed by atoms with Gasteiger partial charge in [-0.1, -0.05) is 17.8 Å². The molecule has 0 aliphatic heterocycles. The van der Waals surface area contributed by atoms with Crippen molar-refractivity contribution in [3.05, 3.63) is 117 Å². The molecule has 0 spiro atoms. The molecule has 0 atom stereocenters. The van der Waals surface area contributed by atoms with Gasteiger partial charge < -0.3 is 9.88 Å². The van der Waals surface area contributed by atoms with Crippen molar-refractivity contribution in [1.29, 1.82) is 5.26 Å². The minimum atomic E-state index is -4.56. The quantitative estimate of drug-likeness (QED) is 0.108. The van der Waals surface area contributed by atoms with Crippen LogP contribution < -0.4 is 5.32 Å². The summed E-state index contributed by atoms with van der Waals surface area (Å²) >= 11 is 1.46. The van der Waals surface area contributed by atoms with Crippen LogP contribution in [0.4, 0.5) is 24.5 Å². The molecule has 4 rings (SSSR count). The first-order valence-electron chi connectivity index (χ1n) is 11.8. The molecular formula is C29H21F3N4O3S. The number of rotatable bonds is 7. The van der Waals surface area contributed by atoms with Crippen LogP contribution in [-0.2, 0) is 11.0 Å². The molecule has 202 valence electrons. The Morgan fingerprint density at radius 2 is 1.65 bits per heavy atom. The van der Waals surface area contributed by atoms with Crippen molar-refractivity contribution in [1.82, 2.24) is 4.57 Å². The molecule has 0 bridgehead atoms. The molecule has 0 radical (unpaired) electrons. The Labute approximate surface area is 231 Å². The SMILES string of the molecule is Cc1cc(/C=C(/C#N)C(=O)Nc2cccc(C(F)(F)F)c2)c(C)n1-c1ccc(Sc2ccc([N+](=O)[O-])cc2)cc1. The maximum atomic E-state index is 13.0. The number of aryl methyl sites for hydroxylation is 1. The molecule has 1 heterocycles. The molecule has 0 aliphatic rings. The van der Waals surface area contributed by atoms with Crippen LogP contribution in [0.15, 0.2) is 94.2 Å². The Morgan fingerprint density at radius 3 is 2.23 bits per heavy atom. The summed E-state index contributed by atoms with van der Waals surface area (Å²) in [6.45, 7) is 3.71. The Hall–Kier alpha value is -4.82. The van der Waals surface area contributed by atoms with E-state index < -0.39 is 22.6 Å². The van der Waals surface area contributed by atoms with Crippen LogP contribution in [0.25, 0.3) is 11.8 Å². The van der Waals surface area contributed by atoms with Crippen molar-refractivity contribution in [3.8, 4) is 11.8 Å². The smallest absolute Gasteiger partial charge is 0.321 e. The number of carbonyl (C=O) groups is 1. The summed E-state index contributed by atoms with van der Waals surface area (Å²) in [4.78, 5) is 24.9. The van der Waals surface area contributed by atoms with E-state index in [1.165, 1.54) is 42.1 Å². The van der Waals surface area contributed by atoms with Crippen molar-refractivity contribution in [2.24, 2.45) is 0 Å². The maximum absolute atomic E-state index is 13.0. The van der Waals surface area contributed by atoms with E-state index in [-0.39, 0.29) is 16.9 Å². The van der Waals surface area contributed by atoms with Crippen molar-refractivity contribution in [3.63, 3.8) is 0 Å². The van der Waals surface area contributed by atoms with Crippen LogP contribution in [0, 0.1) is 35.3 Å². The second kappa shape index (κ2) is 11.5. The molecular weight excluding hydrogens is 541 g/mol. The zero-order valence-corrected chi connectivity index (χ0v) is 22.0. The first-order chi connectivity index (χ1) is 19.0. The predicted molar refractivity (Wildman–Crippen MR) is 146 cm³/mol. The van der Waals surface area contributed by atoms with Gasteiger partial charge in [0.1, 0.15) is 11.6 Å². The number of aromatic nitrogens is 1. The maximum Gasteiger partial charge on any atom is 0.416 e. The molecule has 0 saturated heterocycles. The highest BCUT2D eigenvalue weighted by molar-refractivity contribution is 7.99. The van der Waals surface area contributed by atoms with Gasteiger partial charge in [0.2, 0.25) is 0 Å². The highest BCUT2D eigenvalue weighted by atomic mass is 32.2. The van der Waals surface area contributed by atoms with Crippen molar-refractivity contribution >= 4 is 35.1 Å². The van der Waals surface area contributed by atoms with Gasteiger partial charge >= 0.3 is 6.18 Å². The summed E-state index contributed by atoms with van der Waals surface area (Å²) in [5.41, 5.74) is 1.84. The van der Waals surface area contributed by atoms with Crippen LogP contribution in [0.2, 0.25) is 0 Å². The van der Waals surface area contributed by atoms with Crippen LogP contribution in [0.1, 0.15) is 22.5 Å².